The Hall–Kier alpha value is -1.31. The number of anilines is 1. The molecule has 1 aliphatic rings. The highest BCUT2D eigenvalue weighted by Gasteiger charge is 2.30. The van der Waals surface area contributed by atoms with Crippen molar-refractivity contribution in [1.29, 1.82) is 0 Å². The van der Waals surface area contributed by atoms with Crippen LogP contribution >= 0.6 is 0 Å². The first kappa shape index (κ1) is 13.1. The SMILES string of the molecule is Cc1ccc(N(CCC(C)C)C2CC2)c(C=O)c1. The average Bonchev–Trinajstić information content (AvgIpc) is 3.15. The molecular formula is C16H23NO. The molecule has 0 aliphatic heterocycles. The predicted octanol–water partition coefficient (Wildman–Crippen LogP) is 3.82. The van der Waals surface area contributed by atoms with Gasteiger partial charge in [0.25, 0.3) is 0 Å². The number of nitrogens with zero attached hydrogens (tertiary/aromatic N) is 1. The molecule has 2 rings (SSSR count). The van der Waals surface area contributed by atoms with Crippen molar-refractivity contribution in [3.05, 3.63) is 29.3 Å². The van der Waals surface area contributed by atoms with Crippen molar-refractivity contribution in [3.63, 3.8) is 0 Å². The lowest BCUT2D eigenvalue weighted by molar-refractivity contribution is 0.112. The molecule has 1 aromatic rings. The fourth-order valence-corrected chi connectivity index (χ4v) is 2.31. The van der Waals surface area contributed by atoms with E-state index in [0.717, 1.165) is 29.6 Å². The van der Waals surface area contributed by atoms with Gasteiger partial charge in [0.2, 0.25) is 0 Å². The van der Waals surface area contributed by atoms with Gasteiger partial charge in [0.1, 0.15) is 0 Å². The van der Waals surface area contributed by atoms with Gasteiger partial charge in [-0.05, 0) is 44.2 Å². The maximum Gasteiger partial charge on any atom is 0.152 e. The first-order valence-electron chi connectivity index (χ1n) is 6.94. The summed E-state index contributed by atoms with van der Waals surface area (Å²) in [5.41, 5.74) is 3.12. The Morgan fingerprint density at radius 2 is 2.11 bits per heavy atom. The second-order valence-corrected chi connectivity index (χ2v) is 5.79. The van der Waals surface area contributed by atoms with Gasteiger partial charge in [0.15, 0.2) is 6.29 Å². The molecule has 0 bridgehead atoms. The predicted molar refractivity (Wildman–Crippen MR) is 76.4 cm³/mol. The summed E-state index contributed by atoms with van der Waals surface area (Å²) < 4.78 is 0. The fourth-order valence-electron chi connectivity index (χ4n) is 2.31. The number of aldehydes is 1. The number of hydrogen-bond acceptors (Lipinski definition) is 2. The van der Waals surface area contributed by atoms with Crippen LogP contribution in [-0.4, -0.2) is 18.9 Å². The van der Waals surface area contributed by atoms with Crippen LogP contribution in [-0.2, 0) is 0 Å². The highest BCUT2D eigenvalue weighted by molar-refractivity contribution is 5.85. The molecule has 0 saturated heterocycles. The molecule has 0 aromatic heterocycles. The second-order valence-electron chi connectivity index (χ2n) is 5.79. The van der Waals surface area contributed by atoms with Gasteiger partial charge in [-0.1, -0.05) is 25.5 Å². The van der Waals surface area contributed by atoms with Crippen LogP contribution in [0.5, 0.6) is 0 Å². The largest absolute Gasteiger partial charge is 0.368 e. The molecule has 1 aliphatic carbocycles. The maximum atomic E-state index is 11.2. The highest BCUT2D eigenvalue weighted by Crippen LogP contribution is 2.34. The van der Waals surface area contributed by atoms with Crippen molar-refractivity contribution in [2.24, 2.45) is 5.92 Å². The molecule has 0 atom stereocenters. The van der Waals surface area contributed by atoms with Crippen molar-refractivity contribution < 1.29 is 4.79 Å². The van der Waals surface area contributed by atoms with E-state index in [4.69, 9.17) is 0 Å². The van der Waals surface area contributed by atoms with E-state index in [1.165, 1.54) is 19.3 Å². The van der Waals surface area contributed by atoms with Gasteiger partial charge in [-0.15, -0.1) is 0 Å². The van der Waals surface area contributed by atoms with E-state index < -0.39 is 0 Å². The molecule has 2 heteroatoms. The fraction of sp³-hybridized carbons (Fsp3) is 0.562. The smallest absolute Gasteiger partial charge is 0.152 e. The quantitative estimate of drug-likeness (QED) is 0.710. The molecule has 0 unspecified atom stereocenters. The van der Waals surface area contributed by atoms with Crippen LogP contribution in [0.2, 0.25) is 0 Å². The van der Waals surface area contributed by atoms with Crippen molar-refractivity contribution in [3.8, 4) is 0 Å². The summed E-state index contributed by atoms with van der Waals surface area (Å²) in [4.78, 5) is 13.7. The van der Waals surface area contributed by atoms with Gasteiger partial charge in [-0.3, -0.25) is 4.79 Å². The molecule has 0 radical (unpaired) electrons. The van der Waals surface area contributed by atoms with Crippen LogP contribution in [0, 0.1) is 12.8 Å². The van der Waals surface area contributed by atoms with Gasteiger partial charge in [0, 0.05) is 23.8 Å². The average molecular weight is 245 g/mol. The first-order chi connectivity index (χ1) is 8.61. The Balaban J connectivity index is 2.21. The summed E-state index contributed by atoms with van der Waals surface area (Å²) in [6.07, 6.45) is 4.71. The molecule has 1 fully saturated rings. The minimum atomic E-state index is 0.658. The lowest BCUT2D eigenvalue weighted by Crippen LogP contribution is -2.28. The van der Waals surface area contributed by atoms with E-state index >= 15 is 0 Å². The zero-order chi connectivity index (χ0) is 13.1. The third kappa shape index (κ3) is 3.12. The lowest BCUT2D eigenvalue weighted by atomic mass is 10.1. The summed E-state index contributed by atoms with van der Waals surface area (Å²) >= 11 is 0. The Morgan fingerprint density at radius 1 is 1.39 bits per heavy atom. The molecule has 0 amide bonds. The molecule has 0 heterocycles. The first-order valence-corrected chi connectivity index (χ1v) is 6.94. The number of carbonyl (C=O) groups is 1. The molecule has 0 spiro atoms. The normalized spacial score (nSPS) is 14.9. The number of carbonyl (C=O) groups excluding carboxylic acids is 1. The number of rotatable bonds is 6. The zero-order valence-corrected chi connectivity index (χ0v) is 11.6. The van der Waals surface area contributed by atoms with Gasteiger partial charge in [-0.25, -0.2) is 0 Å². The zero-order valence-electron chi connectivity index (χ0n) is 11.6. The Bertz CT molecular complexity index is 421. The van der Waals surface area contributed by atoms with Crippen LogP contribution in [0.3, 0.4) is 0 Å². The monoisotopic (exact) mass is 245 g/mol. The summed E-state index contributed by atoms with van der Waals surface area (Å²) in [6.45, 7) is 7.60. The van der Waals surface area contributed by atoms with Crippen LogP contribution in [0.25, 0.3) is 0 Å². The topological polar surface area (TPSA) is 20.3 Å². The molecule has 1 saturated carbocycles. The number of aryl methyl sites for hydroxylation is 1. The molecule has 0 N–H and O–H groups in total. The number of benzene rings is 1. The van der Waals surface area contributed by atoms with Crippen molar-refractivity contribution >= 4 is 12.0 Å². The van der Waals surface area contributed by atoms with E-state index in [1.54, 1.807) is 0 Å². The summed E-state index contributed by atoms with van der Waals surface area (Å²) in [5, 5.41) is 0. The third-order valence-corrected chi connectivity index (χ3v) is 3.55. The Labute approximate surface area is 110 Å². The van der Waals surface area contributed by atoms with E-state index in [9.17, 15) is 4.79 Å². The highest BCUT2D eigenvalue weighted by atomic mass is 16.1. The third-order valence-electron chi connectivity index (χ3n) is 3.55. The molecule has 2 nitrogen and oxygen atoms in total. The summed E-state index contributed by atoms with van der Waals surface area (Å²) in [7, 11) is 0. The van der Waals surface area contributed by atoms with Crippen molar-refractivity contribution in [2.75, 3.05) is 11.4 Å². The van der Waals surface area contributed by atoms with E-state index in [0.29, 0.717) is 12.0 Å². The van der Waals surface area contributed by atoms with E-state index in [2.05, 4.69) is 30.9 Å². The minimum Gasteiger partial charge on any atom is -0.368 e. The van der Waals surface area contributed by atoms with E-state index in [-0.39, 0.29) is 0 Å². The van der Waals surface area contributed by atoms with Crippen LogP contribution in [0.4, 0.5) is 5.69 Å². The Morgan fingerprint density at radius 3 is 2.67 bits per heavy atom. The van der Waals surface area contributed by atoms with Crippen LogP contribution in [0.15, 0.2) is 18.2 Å². The lowest BCUT2D eigenvalue weighted by Gasteiger charge is -2.27. The second kappa shape index (κ2) is 5.55. The van der Waals surface area contributed by atoms with Gasteiger partial charge >= 0.3 is 0 Å². The van der Waals surface area contributed by atoms with Crippen molar-refractivity contribution in [1.82, 2.24) is 0 Å². The van der Waals surface area contributed by atoms with Gasteiger partial charge in [0.05, 0.1) is 0 Å². The van der Waals surface area contributed by atoms with Gasteiger partial charge < -0.3 is 4.90 Å². The molecule has 18 heavy (non-hydrogen) atoms. The van der Waals surface area contributed by atoms with E-state index in [1.807, 2.05) is 13.0 Å². The standard InChI is InChI=1S/C16H23NO/c1-12(2)8-9-17(15-5-6-15)16-7-4-13(3)10-14(16)11-18/h4,7,10-12,15H,5-6,8-9H2,1-3H3. The van der Waals surface area contributed by atoms with Crippen LogP contribution in [0.1, 0.15) is 49.0 Å². The minimum absolute atomic E-state index is 0.658. The maximum absolute atomic E-state index is 11.2. The molecule has 1 aromatic carbocycles. The summed E-state index contributed by atoms with van der Waals surface area (Å²) in [5.74, 6) is 0.705. The van der Waals surface area contributed by atoms with Crippen LogP contribution < -0.4 is 4.90 Å². The summed E-state index contributed by atoms with van der Waals surface area (Å²) in [6, 6.07) is 6.86. The Kier molecular flexibility index (Phi) is 4.05. The molecule has 98 valence electrons. The number of hydrogen-bond donors (Lipinski definition) is 0. The molecular weight excluding hydrogens is 222 g/mol. The van der Waals surface area contributed by atoms with Crippen molar-refractivity contribution in [2.45, 2.75) is 46.1 Å². The van der Waals surface area contributed by atoms with Gasteiger partial charge in [-0.2, -0.15) is 0 Å².